The fourth-order valence-electron chi connectivity index (χ4n) is 2.77. The third-order valence-electron chi connectivity index (χ3n) is 3.78. The van der Waals surface area contributed by atoms with Crippen LogP contribution in [0.4, 0.5) is 5.69 Å². The van der Waals surface area contributed by atoms with E-state index in [2.05, 4.69) is 67.2 Å². The molecular formula is C21H22N2. The van der Waals surface area contributed by atoms with E-state index < -0.39 is 0 Å². The van der Waals surface area contributed by atoms with Crippen molar-refractivity contribution < 1.29 is 0 Å². The summed E-state index contributed by atoms with van der Waals surface area (Å²) in [6.07, 6.45) is 0. The summed E-state index contributed by atoms with van der Waals surface area (Å²) in [7, 11) is 0. The maximum Gasteiger partial charge on any atom is 0.0487 e. The summed E-state index contributed by atoms with van der Waals surface area (Å²) >= 11 is 0. The number of hydrogen-bond acceptors (Lipinski definition) is 2. The van der Waals surface area contributed by atoms with Crippen molar-refractivity contribution in [3.63, 3.8) is 0 Å². The summed E-state index contributed by atoms with van der Waals surface area (Å²) in [4.78, 5) is 0. The number of hydrazine groups is 1. The van der Waals surface area contributed by atoms with Crippen LogP contribution < -0.4 is 10.9 Å². The first-order chi connectivity index (χ1) is 11.2. The summed E-state index contributed by atoms with van der Waals surface area (Å²) in [5.74, 6) is 0. The van der Waals surface area contributed by atoms with Crippen molar-refractivity contribution in [1.29, 1.82) is 0 Å². The Morgan fingerprint density at radius 3 is 2.17 bits per heavy atom. The number of hydrogen-bond donors (Lipinski definition) is 2. The van der Waals surface area contributed by atoms with E-state index in [-0.39, 0.29) is 0 Å². The van der Waals surface area contributed by atoms with Crippen LogP contribution in [0.5, 0.6) is 0 Å². The summed E-state index contributed by atoms with van der Waals surface area (Å²) in [6.45, 7) is 5.06. The van der Waals surface area contributed by atoms with Crippen LogP contribution in [0.2, 0.25) is 0 Å². The normalized spacial score (nSPS) is 10.5. The van der Waals surface area contributed by atoms with Crippen molar-refractivity contribution in [2.75, 3.05) is 5.43 Å². The Labute approximate surface area is 138 Å². The molecule has 0 fully saturated rings. The number of anilines is 1. The monoisotopic (exact) mass is 302 g/mol. The molecule has 116 valence electrons. The van der Waals surface area contributed by atoms with Gasteiger partial charge in [-0.1, -0.05) is 65.7 Å². The molecule has 0 aliphatic heterocycles. The van der Waals surface area contributed by atoms with Gasteiger partial charge in [0.05, 0.1) is 0 Å². The Balaban J connectivity index is 1.70. The minimum Gasteiger partial charge on any atom is -0.321 e. The first-order valence-corrected chi connectivity index (χ1v) is 7.92. The standard InChI is InChI=1S/C21H22N2/c1-16-11-17(2)13-20(12-16)19-8-6-7-18(14-19)15-22-23-21-9-4-3-5-10-21/h3-14,22-23H,15H2,1-2H3. The molecule has 0 unspecified atom stereocenters. The molecule has 0 heterocycles. The molecule has 23 heavy (non-hydrogen) atoms. The quantitative estimate of drug-likeness (QED) is 0.642. The molecular weight excluding hydrogens is 280 g/mol. The maximum atomic E-state index is 3.27. The van der Waals surface area contributed by atoms with Crippen LogP contribution in [0.25, 0.3) is 11.1 Å². The molecule has 0 saturated heterocycles. The van der Waals surface area contributed by atoms with Gasteiger partial charge in [0.15, 0.2) is 0 Å². The average molecular weight is 302 g/mol. The first kappa shape index (κ1) is 15.3. The van der Waals surface area contributed by atoms with Gasteiger partial charge >= 0.3 is 0 Å². The number of nitrogens with one attached hydrogen (secondary N) is 2. The lowest BCUT2D eigenvalue weighted by Crippen LogP contribution is -2.20. The van der Waals surface area contributed by atoms with Crippen molar-refractivity contribution in [3.05, 3.63) is 89.5 Å². The molecule has 0 spiro atoms. The first-order valence-electron chi connectivity index (χ1n) is 7.92. The second-order valence-corrected chi connectivity index (χ2v) is 5.92. The van der Waals surface area contributed by atoms with Crippen molar-refractivity contribution in [3.8, 4) is 11.1 Å². The van der Waals surface area contributed by atoms with E-state index in [0.717, 1.165) is 12.2 Å². The van der Waals surface area contributed by atoms with Gasteiger partial charge in [0.25, 0.3) is 0 Å². The van der Waals surface area contributed by atoms with Gasteiger partial charge in [-0.25, -0.2) is 5.43 Å². The molecule has 0 atom stereocenters. The second kappa shape index (κ2) is 7.12. The molecule has 0 aromatic heterocycles. The molecule has 0 aliphatic rings. The van der Waals surface area contributed by atoms with Crippen LogP contribution >= 0.6 is 0 Å². The molecule has 0 aliphatic carbocycles. The van der Waals surface area contributed by atoms with Crippen LogP contribution in [0.1, 0.15) is 16.7 Å². The molecule has 0 saturated carbocycles. The summed E-state index contributed by atoms with van der Waals surface area (Å²) < 4.78 is 0. The molecule has 2 N–H and O–H groups in total. The van der Waals surface area contributed by atoms with Crippen LogP contribution in [-0.4, -0.2) is 0 Å². The number of para-hydroxylation sites is 1. The highest BCUT2D eigenvalue weighted by Crippen LogP contribution is 2.23. The van der Waals surface area contributed by atoms with Gasteiger partial charge < -0.3 is 5.43 Å². The number of rotatable bonds is 5. The van der Waals surface area contributed by atoms with Gasteiger partial charge in [-0.05, 0) is 48.7 Å². The van der Waals surface area contributed by atoms with Gasteiger partial charge in [0, 0.05) is 12.2 Å². The molecule has 0 bridgehead atoms. The van der Waals surface area contributed by atoms with Crippen molar-refractivity contribution >= 4 is 5.69 Å². The van der Waals surface area contributed by atoms with E-state index in [1.807, 2.05) is 30.3 Å². The minimum absolute atomic E-state index is 0.771. The second-order valence-electron chi connectivity index (χ2n) is 5.92. The van der Waals surface area contributed by atoms with E-state index >= 15 is 0 Å². The Hall–Kier alpha value is -2.58. The zero-order valence-corrected chi connectivity index (χ0v) is 13.6. The van der Waals surface area contributed by atoms with Crippen molar-refractivity contribution in [2.45, 2.75) is 20.4 Å². The third-order valence-corrected chi connectivity index (χ3v) is 3.78. The van der Waals surface area contributed by atoms with Gasteiger partial charge in [0.2, 0.25) is 0 Å². The van der Waals surface area contributed by atoms with Crippen molar-refractivity contribution in [1.82, 2.24) is 5.43 Å². The number of aryl methyl sites for hydroxylation is 2. The molecule has 3 aromatic rings. The highest BCUT2D eigenvalue weighted by atomic mass is 15.3. The molecule has 2 heteroatoms. The van der Waals surface area contributed by atoms with Crippen molar-refractivity contribution in [2.24, 2.45) is 0 Å². The minimum atomic E-state index is 0.771. The van der Waals surface area contributed by atoms with E-state index in [1.54, 1.807) is 0 Å². The Morgan fingerprint density at radius 2 is 1.43 bits per heavy atom. The molecule has 0 amide bonds. The largest absolute Gasteiger partial charge is 0.321 e. The summed E-state index contributed by atoms with van der Waals surface area (Å²) in [6, 6.07) is 25.5. The summed E-state index contributed by atoms with van der Waals surface area (Å²) in [5, 5.41) is 0. The average Bonchev–Trinajstić information content (AvgIpc) is 2.55. The topological polar surface area (TPSA) is 24.1 Å². The predicted octanol–water partition coefficient (Wildman–Crippen LogP) is 5.09. The van der Waals surface area contributed by atoms with Crippen LogP contribution in [0.15, 0.2) is 72.8 Å². The molecule has 2 nitrogen and oxygen atoms in total. The van der Waals surface area contributed by atoms with E-state index in [0.29, 0.717) is 0 Å². The van der Waals surface area contributed by atoms with Crippen LogP contribution in [0.3, 0.4) is 0 Å². The third kappa shape index (κ3) is 4.21. The Kier molecular flexibility index (Phi) is 4.74. The molecule has 3 rings (SSSR count). The zero-order valence-electron chi connectivity index (χ0n) is 13.6. The highest BCUT2D eigenvalue weighted by Gasteiger charge is 2.01. The fourth-order valence-corrected chi connectivity index (χ4v) is 2.77. The van der Waals surface area contributed by atoms with Crippen LogP contribution in [0, 0.1) is 13.8 Å². The molecule has 0 radical (unpaired) electrons. The lowest BCUT2D eigenvalue weighted by Gasteiger charge is -2.10. The van der Waals surface area contributed by atoms with E-state index in [9.17, 15) is 0 Å². The maximum absolute atomic E-state index is 3.27. The lowest BCUT2D eigenvalue weighted by atomic mass is 9.99. The predicted molar refractivity (Wildman–Crippen MR) is 98.3 cm³/mol. The zero-order chi connectivity index (χ0) is 16.1. The highest BCUT2D eigenvalue weighted by molar-refractivity contribution is 5.65. The Morgan fingerprint density at radius 1 is 0.696 bits per heavy atom. The van der Waals surface area contributed by atoms with Gasteiger partial charge in [-0.15, -0.1) is 0 Å². The SMILES string of the molecule is Cc1cc(C)cc(-c2cccc(CNNc3ccccc3)c2)c1. The smallest absolute Gasteiger partial charge is 0.0487 e. The van der Waals surface area contributed by atoms with E-state index in [4.69, 9.17) is 0 Å². The van der Waals surface area contributed by atoms with Gasteiger partial charge in [-0.3, -0.25) is 0 Å². The Bertz CT molecular complexity index is 759. The van der Waals surface area contributed by atoms with Gasteiger partial charge in [-0.2, -0.15) is 0 Å². The lowest BCUT2D eigenvalue weighted by molar-refractivity contribution is 0.802. The van der Waals surface area contributed by atoms with Gasteiger partial charge in [0.1, 0.15) is 0 Å². The number of benzene rings is 3. The molecule has 3 aromatic carbocycles. The van der Waals surface area contributed by atoms with E-state index in [1.165, 1.54) is 27.8 Å². The summed E-state index contributed by atoms with van der Waals surface area (Å²) in [5.41, 5.74) is 14.0. The van der Waals surface area contributed by atoms with Crippen LogP contribution in [-0.2, 0) is 6.54 Å². The fraction of sp³-hybridized carbons (Fsp3) is 0.143.